The predicted molar refractivity (Wildman–Crippen MR) is 95.1 cm³/mol. The molecule has 0 fully saturated rings. The van der Waals surface area contributed by atoms with Gasteiger partial charge in [0, 0.05) is 35.1 Å². The highest BCUT2D eigenvalue weighted by atomic mass is 14.7. The lowest BCUT2D eigenvalue weighted by atomic mass is 9.97. The molecule has 0 unspecified atom stereocenters. The summed E-state index contributed by atoms with van der Waals surface area (Å²) in [6, 6.07) is 21.1. The Morgan fingerprint density at radius 2 is 1.70 bits per heavy atom. The Hall–Kier alpha value is -3.00. The van der Waals surface area contributed by atoms with E-state index in [-0.39, 0.29) is 0 Å². The number of pyridine rings is 2. The third kappa shape index (κ3) is 2.59. The fourth-order valence-corrected chi connectivity index (χ4v) is 2.91. The molecule has 2 aromatic heterocycles. The quantitative estimate of drug-likeness (QED) is 0.503. The van der Waals surface area contributed by atoms with E-state index in [9.17, 15) is 0 Å². The molecule has 0 atom stereocenters. The molecule has 0 saturated carbocycles. The minimum absolute atomic E-state index is 1.02. The van der Waals surface area contributed by atoms with Crippen LogP contribution in [0.2, 0.25) is 0 Å². The lowest BCUT2D eigenvalue weighted by Gasteiger charge is -2.10. The highest BCUT2D eigenvalue weighted by Gasteiger charge is 2.09. The Labute approximate surface area is 135 Å². The van der Waals surface area contributed by atoms with Crippen LogP contribution in [0.3, 0.4) is 0 Å². The zero-order chi connectivity index (χ0) is 15.6. The number of rotatable bonds is 2. The molecule has 4 aromatic rings. The first kappa shape index (κ1) is 13.6. The summed E-state index contributed by atoms with van der Waals surface area (Å²) in [4.78, 5) is 8.81. The fourth-order valence-electron chi connectivity index (χ4n) is 2.91. The molecule has 0 N–H and O–H groups in total. The van der Waals surface area contributed by atoms with Gasteiger partial charge < -0.3 is 0 Å². The summed E-state index contributed by atoms with van der Waals surface area (Å²) >= 11 is 0. The summed E-state index contributed by atoms with van der Waals surface area (Å²) in [6.07, 6.45) is 5.58. The summed E-state index contributed by atoms with van der Waals surface area (Å²) in [5.41, 5.74) is 5.73. The van der Waals surface area contributed by atoms with Crippen LogP contribution in [0.1, 0.15) is 5.56 Å². The van der Waals surface area contributed by atoms with Gasteiger partial charge in [0.05, 0.1) is 5.69 Å². The first-order valence-electron chi connectivity index (χ1n) is 7.67. The van der Waals surface area contributed by atoms with Crippen molar-refractivity contribution in [2.75, 3.05) is 0 Å². The predicted octanol–water partition coefficient (Wildman–Crippen LogP) is 5.27. The topological polar surface area (TPSA) is 25.8 Å². The Balaban J connectivity index is 1.91. The van der Waals surface area contributed by atoms with E-state index in [0.717, 1.165) is 22.2 Å². The number of aromatic nitrogens is 2. The molecule has 110 valence electrons. The van der Waals surface area contributed by atoms with Gasteiger partial charge in [0.2, 0.25) is 0 Å². The number of benzene rings is 2. The van der Waals surface area contributed by atoms with E-state index in [1.807, 2.05) is 30.7 Å². The van der Waals surface area contributed by atoms with Crippen LogP contribution in [-0.4, -0.2) is 9.97 Å². The van der Waals surface area contributed by atoms with Gasteiger partial charge in [0.25, 0.3) is 0 Å². The van der Waals surface area contributed by atoms with Crippen LogP contribution in [0.5, 0.6) is 0 Å². The van der Waals surface area contributed by atoms with Crippen molar-refractivity contribution >= 4 is 10.8 Å². The number of hydrogen-bond acceptors (Lipinski definition) is 2. The first-order chi connectivity index (χ1) is 11.3. The standard InChI is InChI=1S/C21H16N2/c1-15-4-2-5-18(12-15)21-20(6-3-10-23-21)17-7-8-19-14-22-11-9-16(19)13-17/h2-14H,1H3. The largest absolute Gasteiger partial charge is 0.264 e. The van der Waals surface area contributed by atoms with E-state index in [1.165, 1.54) is 16.5 Å². The SMILES string of the molecule is Cc1cccc(-c2ncccc2-c2ccc3cnccc3c2)c1. The Morgan fingerprint density at radius 1 is 0.739 bits per heavy atom. The fraction of sp³-hybridized carbons (Fsp3) is 0.0476. The van der Waals surface area contributed by atoms with Crippen molar-refractivity contribution in [2.24, 2.45) is 0 Å². The lowest BCUT2D eigenvalue weighted by molar-refractivity contribution is 1.32. The van der Waals surface area contributed by atoms with Crippen molar-refractivity contribution in [3.63, 3.8) is 0 Å². The molecule has 2 nitrogen and oxygen atoms in total. The number of aryl methyl sites for hydroxylation is 1. The van der Waals surface area contributed by atoms with Gasteiger partial charge >= 0.3 is 0 Å². The van der Waals surface area contributed by atoms with E-state index in [2.05, 4.69) is 65.4 Å². The van der Waals surface area contributed by atoms with E-state index < -0.39 is 0 Å². The molecule has 0 aliphatic rings. The van der Waals surface area contributed by atoms with Gasteiger partial charge in [-0.05, 0) is 42.1 Å². The molecular formula is C21H16N2. The normalized spacial score (nSPS) is 10.8. The van der Waals surface area contributed by atoms with Gasteiger partial charge in [-0.15, -0.1) is 0 Å². The lowest BCUT2D eigenvalue weighted by Crippen LogP contribution is -1.89. The molecule has 23 heavy (non-hydrogen) atoms. The van der Waals surface area contributed by atoms with E-state index >= 15 is 0 Å². The monoisotopic (exact) mass is 296 g/mol. The molecule has 0 radical (unpaired) electrons. The molecule has 0 saturated heterocycles. The van der Waals surface area contributed by atoms with Crippen molar-refractivity contribution in [2.45, 2.75) is 6.92 Å². The Kier molecular flexibility index (Phi) is 3.35. The summed E-state index contributed by atoms with van der Waals surface area (Å²) in [7, 11) is 0. The maximum atomic E-state index is 4.63. The number of fused-ring (bicyclic) bond motifs is 1. The minimum atomic E-state index is 1.02. The van der Waals surface area contributed by atoms with Gasteiger partial charge in [-0.1, -0.05) is 42.0 Å². The van der Waals surface area contributed by atoms with Crippen LogP contribution in [0.25, 0.3) is 33.2 Å². The van der Waals surface area contributed by atoms with Crippen LogP contribution in [0.15, 0.2) is 79.3 Å². The number of hydrogen-bond donors (Lipinski definition) is 0. The second kappa shape index (κ2) is 5.65. The third-order valence-corrected chi connectivity index (χ3v) is 4.05. The van der Waals surface area contributed by atoms with Gasteiger partial charge in [0.1, 0.15) is 0 Å². The van der Waals surface area contributed by atoms with Gasteiger partial charge in [0.15, 0.2) is 0 Å². The molecule has 0 spiro atoms. The average Bonchev–Trinajstić information content (AvgIpc) is 2.61. The second-order valence-corrected chi connectivity index (χ2v) is 5.71. The van der Waals surface area contributed by atoms with E-state index in [0.29, 0.717) is 0 Å². The third-order valence-electron chi connectivity index (χ3n) is 4.05. The van der Waals surface area contributed by atoms with E-state index in [4.69, 9.17) is 0 Å². The summed E-state index contributed by atoms with van der Waals surface area (Å²) in [5, 5.41) is 2.34. The van der Waals surface area contributed by atoms with Crippen molar-refractivity contribution < 1.29 is 0 Å². The maximum absolute atomic E-state index is 4.63. The summed E-state index contributed by atoms with van der Waals surface area (Å²) < 4.78 is 0. The summed E-state index contributed by atoms with van der Waals surface area (Å²) in [5.74, 6) is 0. The highest BCUT2D eigenvalue weighted by molar-refractivity contribution is 5.89. The van der Waals surface area contributed by atoms with Crippen molar-refractivity contribution in [3.8, 4) is 22.4 Å². The summed E-state index contributed by atoms with van der Waals surface area (Å²) in [6.45, 7) is 2.11. The van der Waals surface area contributed by atoms with Gasteiger partial charge in [-0.25, -0.2) is 0 Å². The van der Waals surface area contributed by atoms with Crippen LogP contribution in [0, 0.1) is 6.92 Å². The smallest absolute Gasteiger partial charge is 0.0780 e. The molecule has 2 heterocycles. The molecule has 4 rings (SSSR count). The molecule has 2 aromatic carbocycles. The van der Waals surface area contributed by atoms with Crippen LogP contribution < -0.4 is 0 Å². The van der Waals surface area contributed by atoms with Gasteiger partial charge in [-0.3, -0.25) is 9.97 Å². The zero-order valence-electron chi connectivity index (χ0n) is 12.9. The average molecular weight is 296 g/mol. The Morgan fingerprint density at radius 3 is 2.61 bits per heavy atom. The first-order valence-corrected chi connectivity index (χ1v) is 7.67. The second-order valence-electron chi connectivity index (χ2n) is 5.71. The Bertz CT molecular complexity index is 989. The minimum Gasteiger partial charge on any atom is -0.264 e. The molecule has 2 heteroatoms. The van der Waals surface area contributed by atoms with Gasteiger partial charge in [-0.2, -0.15) is 0 Å². The number of nitrogens with zero attached hydrogens (tertiary/aromatic N) is 2. The highest BCUT2D eigenvalue weighted by Crippen LogP contribution is 2.32. The van der Waals surface area contributed by atoms with Crippen LogP contribution >= 0.6 is 0 Å². The van der Waals surface area contributed by atoms with Crippen LogP contribution in [-0.2, 0) is 0 Å². The van der Waals surface area contributed by atoms with Crippen molar-refractivity contribution in [1.82, 2.24) is 9.97 Å². The van der Waals surface area contributed by atoms with E-state index in [1.54, 1.807) is 0 Å². The zero-order valence-corrected chi connectivity index (χ0v) is 12.9. The molecule has 0 amide bonds. The molecular weight excluding hydrogens is 280 g/mol. The van der Waals surface area contributed by atoms with Crippen LogP contribution in [0.4, 0.5) is 0 Å². The van der Waals surface area contributed by atoms with Crippen molar-refractivity contribution in [3.05, 3.63) is 84.8 Å². The molecule has 0 bridgehead atoms. The molecule has 0 aliphatic carbocycles. The molecule has 0 aliphatic heterocycles. The maximum Gasteiger partial charge on any atom is 0.0780 e. The van der Waals surface area contributed by atoms with Crippen molar-refractivity contribution in [1.29, 1.82) is 0 Å².